The van der Waals surface area contributed by atoms with Crippen molar-refractivity contribution in [1.82, 2.24) is 4.90 Å². The molecule has 0 aromatic rings. The van der Waals surface area contributed by atoms with Gasteiger partial charge in [0, 0.05) is 29.5 Å². The summed E-state index contributed by atoms with van der Waals surface area (Å²) in [5.74, 6) is 0.0700. The van der Waals surface area contributed by atoms with Crippen LogP contribution in [0.25, 0.3) is 0 Å². The van der Waals surface area contributed by atoms with E-state index in [9.17, 15) is 9.59 Å². The first-order chi connectivity index (χ1) is 10.3. The Balaban J connectivity index is 2.29. The van der Waals surface area contributed by atoms with Crippen molar-refractivity contribution >= 4 is 23.7 Å². The summed E-state index contributed by atoms with van der Waals surface area (Å²) < 4.78 is 10.4. The molecule has 6 heteroatoms. The number of esters is 2. The molecule has 2 aliphatic rings. The van der Waals surface area contributed by atoms with Crippen molar-refractivity contribution in [1.29, 1.82) is 0 Å². The molecule has 2 heterocycles. The molecule has 122 valence electrons. The number of rotatable bonds is 4. The van der Waals surface area contributed by atoms with Gasteiger partial charge in [-0.05, 0) is 20.8 Å². The van der Waals surface area contributed by atoms with Crippen LogP contribution in [0, 0.1) is 5.41 Å². The number of carbonyl (C=O) groups is 2. The van der Waals surface area contributed by atoms with Crippen molar-refractivity contribution in [3.8, 4) is 0 Å². The molecule has 2 rings (SSSR count). The lowest BCUT2D eigenvalue weighted by Crippen LogP contribution is -2.27. The largest absolute Gasteiger partial charge is 0.463 e. The van der Waals surface area contributed by atoms with E-state index in [0.29, 0.717) is 24.5 Å². The summed E-state index contributed by atoms with van der Waals surface area (Å²) in [6, 6.07) is 0. The number of ether oxygens (including phenoxy) is 2. The highest BCUT2D eigenvalue weighted by molar-refractivity contribution is 8.03. The van der Waals surface area contributed by atoms with Gasteiger partial charge in [-0.25, -0.2) is 9.59 Å². The molecule has 0 N–H and O–H groups in total. The topological polar surface area (TPSA) is 55.8 Å². The van der Waals surface area contributed by atoms with Gasteiger partial charge < -0.3 is 14.4 Å². The molecule has 0 amide bonds. The average Bonchev–Trinajstić information content (AvgIpc) is 2.84. The predicted molar refractivity (Wildman–Crippen MR) is 85.9 cm³/mol. The summed E-state index contributed by atoms with van der Waals surface area (Å²) in [5.41, 5.74) is 1.29. The van der Waals surface area contributed by atoms with Gasteiger partial charge >= 0.3 is 11.9 Å². The molecule has 1 fully saturated rings. The third-order valence-electron chi connectivity index (χ3n) is 3.51. The number of hydrogen-bond acceptors (Lipinski definition) is 6. The Hall–Kier alpha value is -1.43. The van der Waals surface area contributed by atoms with Crippen LogP contribution in [0.15, 0.2) is 22.4 Å². The molecule has 5 nitrogen and oxygen atoms in total. The Bertz CT molecular complexity index is 548. The van der Waals surface area contributed by atoms with E-state index < -0.39 is 0 Å². The van der Waals surface area contributed by atoms with E-state index >= 15 is 0 Å². The number of fused-ring (bicyclic) bond motifs is 1. The maximum Gasteiger partial charge on any atom is 0.337 e. The molecule has 2 aliphatic heterocycles. The van der Waals surface area contributed by atoms with Gasteiger partial charge in [-0.2, -0.15) is 0 Å². The Morgan fingerprint density at radius 2 is 2.09 bits per heavy atom. The van der Waals surface area contributed by atoms with Crippen LogP contribution < -0.4 is 0 Å². The number of thioether (sulfide) groups is 1. The molecule has 0 radical (unpaired) electrons. The van der Waals surface area contributed by atoms with Gasteiger partial charge in [0.15, 0.2) is 0 Å². The molecular weight excluding hydrogens is 302 g/mol. The van der Waals surface area contributed by atoms with Crippen LogP contribution in [-0.4, -0.2) is 41.8 Å². The number of nitrogens with zero attached hydrogens (tertiary/aromatic N) is 1. The molecule has 0 unspecified atom stereocenters. The maximum atomic E-state index is 12.4. The molecule has 1 saturated heterocycles. The minimum atomic E-state index is -0.338. The molecule has 0 bridgehead atoms. The highest BCUT2D eigenvalue weighted by Gasteiger charge is 2.46. The monoisotopic (exact) mass is 325 g/mol. The van der Waals surface area contributed by atoms with Crippen molar-refractivity contribution < 1.29 is 19.1 Å². The van der Waals surface area contributed by atoms with E-state index in [4.69, 9.17) is 9.47 Å². The van der Waals surface area contributed by atoms with Crippen molar-refractivity contribution in [2.24, 2.45) is 5.41 Å². The van der Waals surface area contributed by atoms with E-state index in [2.05, 4.69) is 0 Å². The van der Waals surface area contributed by atoms with Gasteiger partial charge in [0.2, 0.25) is 0 Å². The van der Waals surface area contributed by atoms with E-state index in [0.717, 1.165) is 10.7 Å². The minimum Gasteiger partial charge on any atom is -0.463 e. The van der Waals surface area contributed by atoms with Crippen LogP contribution in [0.2, 0.25) is 0 Å². The number of hydrogen-bond donors (Lipinski definition) is 0. The molecule has 0 aromatic carbocycles. The lowest BCUT2D eigenvalue weighted by molar-refractivity contribution is -0.143. The SMILES string of the molecule is CCOC(=O)C=C1CSC2=C(C(=O)OC(C)C)C(C)(C)CN12. The van der Waals surface area contributed by atoms with Gasteiger partial charge in [-0.3, -0.25) is 0 Å². The van der Waals surface area contributed by atoms with Gasteiger partial charge in [0.25, 0.3) is 0 Å². The normalized spacial score (nSPS) is 21.5. The zero-order chi connectivity index (χ0) is 16.5. The second-order valence-electron chi connectivity index (χ2n) is 6.28. The van der Waals surface area contributed by atoms with Gasteiger partial charge in [-0.1, -0.05) is 13.8 Å². The lowest BCUT2D eigenvalue weighted by atomic mass is 9.87. The Kier molecular flexibility index (Phi) is 4.90. The Morgan fingerprint density at radius 3 is 2.68 bits per heavy atom. The van der Waals surface area contributed by atoms with E-state index in [1.807, 2.05) is 32.6 Å². The number of carbonyl (C=O) groups excluding carboxylic acids is 2. The van der Waals surface area contributed by atoms with Crippen molar-refractivity contribution in [3.63, 3.8) is 0 Å². The van der Waals surface area contributed by atoms with Crippen LogP contribution in [0.1, 0.15) is 34.6 Å². The first-order valence-corrected chi connectivity index (χ1v) is 8.48. The zero-order valence-electron chi connectivity index (χ0n) is 13.8. The Labute approximate surface area is 135 Å². The van der Waals surface area contributed by atoms with E-state index in [1.165, 1.54) is 6.08 Å². The molecule has 0 atom stereocenters. The standard InChI is InChI=1S/C16H23NO4S/c1-6-20-12(18)7-11-8-22-14-13(15(19)21-10(2)3)16(4,5)9-17(11)14/h7,10H,6,8-9H2,1-5H3. The average molecular weight is 325 g/mol. The summed E-state index contributed by atoms with van der Waals surface area (Å²) in [6.45, 7) is 10.5. The highest BCUT2D eigenvalue weighted by atomic mass is 32.2. The molecule has 0 spiro atoms. The van der Waals surface area contributed by atoms with Gasteiger partial charge in [0.1, 0.15) is 0 Å². The lowest BCUT2D eigenvalue weighted by Gasteiger charge is -2.23. The van der Waals surface area contributed by atoms with Crippen LogP contribution in [0.4, 0.5) is 0 Å². The van der Waals surface area contributed by atoms with E-state index in [-0.39, 0.29) is 23.5 Å². The van der Waals surface area contributed by atoms with E-state index in [1.54, 1.807) is 18.7 Å². The van der Waals surface area contributed by atoms with Crippen molar-refractivity contribution in [2.75, 3.05) is 18.9 Å². The van der Waals surface area contributed by atoms with Crippen LogP contribution in [-0.2, 0) is 19.1 Å². The van der Waals surface area contributed by atoms with Crippen molar-refractivity contribution in [2.45, 2.75) is 40.7 Å². The molecule has 22 heavy (non-hydrogen) atoms. The second-order valence-corrected chi connectivity index (χ2v) is 7.24. The quantitative estimate of drug-likeness (QED) is 0.585. The third kappa shape index (κ3) is 3.32. The minimum absolute atomic E-state index is 0.147. The van der Waals surface area contributed by atoms with Gasteiger partial charge in [0.05, 0.1) is 23.3 Å². The van der Waals surface area contributed by atoms with Crippen LogP contribution in [0.3, 0.4) is 0 Å². The van der Waals surface area contributed by atoms with Crippen molar-refractivity contribution in [3.05, 3.63) is 22.4 Å². The summed E-state index contributed by atoms with van der Waals surface area (Å²) in [4.78, 5) is 26.1. The summed E-state index contributed by atoms with van der Waals surface area (Å²) >= 11 is 1.58. The predicted octanol–water partition coefficient (Wildman–Crippen LogP) is 2.69. The van der Waals surface area contributed by atoms with Crippen LogP contribution >= 0.6 is 11.8 Å². The first kappa shape index (κ1) is 16.9. The second kappa shape index (κ2) is 6.36. The highest BCUT2D eigenvalue weighted by Crippen LogP contribution is 2.50. The molecule has 0 aromatic heterocycles. The molecule has 0 aliphatic carbocycles. The fourth-order valence-corrected chi connectivity index (χ4v) is 4.01. The zero-order valence-corrected chi connectivity index (χ0v) is 14.6. The maximum absolute atomic E-state index is 12.4. The Morgan fingerprint density at radius 1 is 1.41 bits per heavy atom. The smallest absolute Gasteiger partial charge is 0.337 e. The summed E-state index contributed by atoms with van der Waals surface area (Å²) in [6.07, 6.45) is 1.38. The fraction of sp³-hybridized carbons (Fsp3) is 0.625. The molecular formula is C16H23NO4S. The summed E-state index contributed by atoms with van der Waals surface area (Å²) in [7, 11) is 0. The fourth-order valence-electron chi connectivity index (χ4n) is 2.65. The van der Waals surface area contributed by atoms with Gasteiger partial charge in [-0.15, -0.1) is 11.8 Å². The van der Waals surface area contributed by atoms with Crippen LogP contribution in [0.5, 0.6) is 0 Å². The first-order valence-electron chi connectivity index (χ1n) is 7.49. The molecule has 0 saturated carbocycles. The summed E-state index contributed by atoms with van der Waals surface area (Å²) in [5, 5.41) is 0.909. The third-order valence-corrected chi connectivity index (χ3v) is 4.65.